The van der Waals surface area contributed by atoms with Crippen molar-refractivity contribution < 1.29 is 19.2 Å². The number of nitrogens with one attached hydrogen (secondary N) is 1. The van der Waals surface area contributed by atoms with Gasteiger partial charge in [-0.05, 0) is 65.7 Å². The quantitative estimate of drug-likeness (QED) is 0.284. The van der Waals surface area contributed by atoms with E-state index in [1.165, 1.54) is 25.5 Å². The van der Waals surface area contributed by atoms with Crippen LogP contribution in [0.1, 0.15) is 21.5 Å². The molecule has 0 aliphatic rings. The highest BCUT2D eigenvalue weighted by molar-refractivity contribution is 9.10. The average molecular weight is 484 g/mol. The molecule has 0 bridgehead atoms. The molecule has 31 heavy (non-hydrogen) atoms. The van der Waals surface area contributed by atoms with Crippen LogP contribution in [0.2, 0.25) is 0 Å². The number of carbonyl (C=O) groups is 1. The molecule has 0 aliphatic heterocycles. The molecule has 0 radical (unpaired) electrons. The molecule has 1 N–H and O–H groups in total. The second-order valence-corrected chi connectivity index (χ2v) is 7.24. The lowest BCUT2D eigenvalue weighted by molar-refractivity contribution is -0.384. The molecular weight excluding hydrogens is 466 g/mol. The summed E-state index contributed by atoms with van der Waals surface area (Å²) in [4.78, 5) is 22.4. The molecule has 3 aromatic rings. The molecule has 0 spiro atoms. The standard InChI is InChI=1S/C22H18BrN3O5/c1-30-21-12-16(13-24-25-22(27)17-5-7-18(23)8-6-17)4-11-20(21)31-14-15-2-9-19(10-3-15)26(28)29/h2-13H,14H2,1H3,(H,25,27)/b24-13-. The molecule has 0 saturated heterocycles. The van der Waals surface area contributed by atoms with Crippen LogP contribution < -0.4 is 14.9 Å². The van der Waals surface area contributed by atoms with E-state index in [-0.39, 0.29) is 18.2 Å². The molecule has 158 valence electrons. The van der Waals surface area contributed by atoms with Crippen LogP contribution in [0.3, 0.4) is 0 Å². The zero-order valence-electron chi connectivity index (χ0n) is 16.4. The topological polar surface area (TPSA) is 103 Å². The third kappa shape index (κ3) is 6.13. The fraction of sp³-hybridized carbons (Fsp3) is 0.0909. The van der Waals surface area contributed by atoms with Gasteiger partial charge in [0.1, 0.15) is 6.61 Å². The van der Waals surface area contributed by atoms with Gasteiger partial charge in [-0.15, -0.1) is 0 Å². The minimum atomic E-state index is -0.449. The number of hydrogen-bond acceptors (Lipinski definition) is 6. The maximum absolute atomic E-state index is 12.1. The molecule has 1 amide bonds. The number of hydrogen-bond donors (Lipinski definition) is 1. The second-order valence-electron chi connectivity index (χ2n) is 6.33. The number of nitro groups is 1. The van der Waals surface area contributed by atoms with Crippen molar-refractivity contribution in [2.24, 2.45) is 5.10 Å². The van der Waals surface area contributed by atoms with Gasteiger partial charge in [-0.3, -0.25) is 14.9 Å². The van der Waals surface area contributed by atoms with E-state index in [1.54, 1.807) is 54.6 Å². The summed E-state index contributed by atoms with van der Waals surface area (Å²) in [7, 11) is 1.52. The van der Waals surface area contributed by atoms with E-state index in [9.17, 15) is 14.9 Å². The van der Waals surface area contributed by atoms with E-state index in [2.05, 4.69) is 26.5 Å². The van der Waals surface area contributed by atoms with Crippen molar-refractivity contribution in [1.29, 1.82) is 0 Å². The summed E-state index contributed by atoms with van der Waals surface area (Å²) in [5.41, 5.74) is 4.48. The molecule has 0 fully saturated rings. The normalized spacial score (nSPS) is 10.6. The molecule has 0 atom stereocenters. The van der Waals surface area contributed by atoms with Crippen LogP contribution in [-0.2, 0) is 6.61 Å². The molecule has 0 unspecified atom stereocenters. The Hall–Kier alpha value is -3.72. The van der Waals surface area contributed by atoms with Crippen LogP contribution in [0.25, 0.3) is 0 Å². The Labute approximate surface area is 186 Å². The van der Waals surface area contributed by atoms with Gasteiger partial charge in [0.05, 0.1) is 18.2 Å². The Bertz CT molecular complexity index is 1100. The average Bonchev–Trinajstić information content (AvgIpc) is 2.78. The van der Waals surface area contributed by atoms with Gasteiger partial charge in [0.25, 0.3) is 11.6 Å². The van der Waals surface area contributed by atoms with Gasteiger partial charge < -0.3 is 9.47 Å². The number of nitro benzene ring substituents is 1. The number of amides is 1. The summed E-state index contributed by atoms with van der Waals surface area (Å²) in [6, 6.07) is 18.3. The highest BCUT2D eigenvalue weighted by Crippen LogP contribution is 2.28. The van der Waals surface area contributed by atoms with E-state index in [0.29, 0.717) is 22.6 Å². The van der Waals surface area contributed by atoms with Gasteiger partial charge in [0.2, 0.25) is 0 Å². The summed E-state index contributed by atoms with van der Waals surface area (Å²) in [6.07, 6.45) is 1.50. The lowest BCUT2D eigenvalue weighted by Gasteiger charge is -2.11. The summed E-state index contributed by atoms with van der Waals surface area (Å²) < 4.78 is 12.0. The van der Waals surface area contributed by atoms with E-state index in [1.807, 2.05) is 0 Å². The molecule has 0 aliphatic carbocycles. The number of non-ortho nitro benzene ring substituents is 1. The molecule has 0 aromatic heterocycles. The Balaban J connectivity index is 1.61. The fourth-order valence-electron chi connectivity index (χ4n) is 2.59. The molecular formula is C22H18BrN3O5. The van der Waals surface area contributed by atoms with E-state index in [4.69, 9.17) is 9.47 Å². The summed E-state index contributed by atoms with van der Waals surface area (Å²) in [5, 5.41) is 14.7. The number of methoxy groups -OCH3 is 1. The van der Waals surface area contributed by atoms with E-state index in [0.717, 1.165) is 10.0 Å². The highest BCUT2D eigenvalue weighted by Gasteiger charge is 2.08. The maximum Gasteiger partial charge on any atom is 0.271 e. The predicted octanol–water partition coefficient (Wildman–Crippen LogP) is 4.71. The molecule has 0 saturated carbocycles. The van der Waals surface area contributed by atoms with Gasteiger partial charge in [-0.2, -0.15) is 5.10 Å². The summed E-state index contributed by atoms with van der Waals surface area (Å²) in [6.45, 7) is 0.227. The Morgan fingerprint density at radius 3 is 2.45 bits per heavy atom. The predicted molar refractivity (Wildman–Crippen MR) is 120 cm³/mol. The van der Waals surface area contributed by atoms with Crippen molar-refractivity contribution >= 4 is 33.7 Å². The van der Waals surface area contributed by atoms with Crippen LogP contribution >= 0.6 is 15.9 Å². The first-order chi connectivity index (χ1) is 15.0. The van der Waals surface area contributed by atoms with Gasteiger partial charge in [0.15, 0.2) is 11.5 Å². The fourth-order valence-corrected chi connectivity index (χ4v) is 2.85. The Morgan fingerprint density at radius 2 is 1.81 bits per heavy atom. The summed E-state index contributed by atoms with van der Waals surface area (Å²) in [5.74, 6) is 0.681. The largest absolute Gasteiger partial charge is 0.493 e. The highest BCUT2D eigenvalue weighted by atomic mass is 79.9. The first kappa shape index (κ1) is 22.0. The van der Waals surface area contributed by atoms with Gasteiger partial charge >= 0.3 is 0 Å². The zero-order chi connectivity index (χ0) is 22.2. The number of hydrazone groups is 1. The molecule has 9 heteroatoms. The minimum Gasteiger partial charge on any atom is -0.493 e. The van der Waals surface area contributed by atoms with Gasteiger partial charge in [-0.25, -0.2) is 5.43 Å². The van der Waals surface area contributed by atoms with E-state index < -0.39 is 4.92 Å². The van der Waals surface area contributed by atoms with Crippen molar-refractivity contribution in [1.82, 2.24) is 5.43 Å². The van der Waals surface area contributed by atoms with Gasteiger partial charge in [-0.1, -0.05) is 15.9 Å². The Kier molecular flexibility index (Phi) is 7.34. The minimum absolute atomic E-state index is 0.0252. The van der Waals surface area contributed by atoms with Crippen LogP contribution in [0.4, 0.5) is 5.69 Å². The Morgan fingerprint density at radius 1 is 1.10 bits per heavy atom. The number of halogens is 1. The van der Waals surface area contributed by atoms with Crippen molar-refractivity contribution in [2.75, 3.05) is 7.11 Å². The SMILES string of the molecule is COc1cc(/C=N\NC(=O)c2ccc(Br)cc2)ccc1OCc1ccc([N+](=O)[O-])cc1. The second kappa shape index (κ2) is 10.4. The summed E-state index contributed by atoms with van der Waals surface area (Å²) >= 11 is 3.32. The van der Waals surface area contributed by atoms with E-state index >= 15 is 0 Å². The number of ether oxygens (including phenoxy) is 2. The lowest BCUT2D eigenvalue weighted by atomic mass is 10.2. The smallest absolute Gasteiger partial charge is 0.271 e. The van der Waals surface area contributed by atoms with Crippen molar-refractivity contribution in [3.05, 3.63) is 98.0 Å². The number of carbonyl (C=O) groups excluding carboxylic acids is 1. The monoisotopic (exact) mass is 483 g/mol. The number of benzene rings is 3. The molecule has 3 aromatic carbocycles. The van der Waals surface area contributed by atoms with Crippen LogP contribution in [0.5, 0.6) is 11.5 Å². The van der Waals surface area contributed by atoms with Gasteiger partial charge in [0, 0.05) is 22.2 Å². The van der Waals surface area contributed by atoms with Crippen LogP contribution in [0.15, 0.2) is 76.3 Å². The van der Waals surface area contributed by atoms with Crippen molar-refractivity contribution in [3.63, 3.8) is 0 Å². The third-order valence-corrected chi connectivity index (χ3v) is 4.74. The molecule has 0 heterocycles. The first-order valence-electron chi connectivity index (χ1n) is 9.09. The van der Waals surface area contributed by atoms with Crippen molar-refractivity contribution in [3.8, 4) is 11.5 Å². The van der Waals surface area contributed by atoms with Crippen LogP contribution in [-0.4, -0.2) is 24.2 Å². The molecule has 8 nitrogen and oxygen atoms in total. The lowest BCUT2D eigenvalue weighted by Crippen LogP contribution is -2.17. The first-order valence-corrected chi connectivity index (χ1v) is 9.88. The number of rotatable bonds is 8. The molecule has 3 rings (SSSR count). The zero-order valence-corrected chi connectivity index (χ0v) is 18.0. The maximum atomic E-state index is 12.1. The van der Waals surface area contributed by atoms with Crippen molar-refractivity contribution in [2.45, 2.75) is 6.61 Å². The number of nitrogens with zero attached hydrogens (tertiary/aromatic N) is 2. The van der Waals surface area contributed by atoms with Crippen LogP contribution in [0, 0.1) is 10.1 Å². The third-order valence-electron chi connectivity index (χ3n) is 4.22.